The molecule has 0 amide bonds. The smallest absolute Gasteiger partial charge is 0.329 e. The average molecular weight is 353 g/mol. The topological polar surface area (TPSA) is 119 Å². The minimum absolute atomic E-state index is 0.0732. The zero-order valence-corrected chi connectivity index (χ0v) is 12.9. The van der Waals surface area contributed by atoms with E-state index in [-0.39, 0.29) is 17.5 Å². The van der Waals surface area contributed by atoms with Gasteiger partial charge in [0.1, 0.15) is 6.20 Å². The second kappa shape index (κ2) is 6.02. The highest BCUT2D eigenvalue weighted by molar-refractivity contribution is 9.10. The van der Waals surface area contributed by atoms with Gasteiger partial charge in [-0.25, -0.2) is 10.8 Å². The van der Waals surface area contributed by atoms with E-state index < -0.39 is 4.92 Å². The van der Waals surface area contributed by atoms with E-state index in [4.69, 9.17) is 5.84 Å². The van der Waals surface area contributed by atoms with Gasteiger partial charge >= 0.3 is 5.69 Å². The largest absolute Gasteiger partial charge is 0.334 e. The zero-order chi connectivity index (χ0) is 15.6. The Hall–Kier alpha value is -2.26. The molecule has 1 heterocycles. The number of hydrogen-bond donors (Lipinski definition) is 3. The predicted octanol–water partition coefficient (Wildman–Crippen LogP) is 2.79. The number of nitrogens with two attached hydrogens (primary N) is 1. The molecular formula is C12H13BrN6O2. The normalized spacial score (nSPS) is 10.3. The average Bonchev–Trinajstić information content (AvgIpc) is 2.44. The molecule has 8 nitrogen and oxygen atoms in total. The fourth-order valence-electron chi connectivity index (χ4n) is 1.83. The molecule has 2 aromatic rings. The van der Waals surface area contributed by atoms with E-state index in [0.29, 0.717) is 5.69 Å². The van der Waals surface area contributed by atoms with Crippen molar-refractivity contribution in [3.8, 4) is 0 Å². The van der Waals surface area contributed by atoms with E-state index in [1.807, 2.05) is 26.0 Å². The van der Waals surface area contributed by atoms with Gasteiger partial charge in [-0.2, -0.15) is 4.98 Å². The molecule has 0 atom stereocenters. The molecule has 0 radical (unpaired) electrons. The van der Waals surface area contributed by atoms with Crippen molar-refractivity contribution in [1.29, 1.82) is 0 Å². The number of rotatable bonds is 4. The van der Waals surface area contributed by atoms with Gasteiger partial charge in [0.15, 0.2) is 0 Å². The molecule has 0 spiro atoms. The molecule has 0 aliphatic rings. The van der Waals surface area contributed by atoms with Gasteiger partial charge < -0.3 is 5.32 Å². The minimum Gasteiger partial charge on any atom is -0.334 e. The molecule has 0 saturated heterocycles. The first kappa shape index (κ1) is 15.1. The van der Waals surface area contributed by atoms with Gasteiger partial charge in [-0.1, -0.05) is 15.9 Å². The molecule has 0 bridgehead atoms. The lowest BCUT2D eigenvalue weighted by Gasteiger charge is -2.10. The number of halogens is 1. The molecule has 9 heteroatoms. The quantitative estimate of drug-likeness (QED) is 0.439. The van der Waals surface area contributed by atoms with Crippen molar-refractivity contribution in [2.75, 3.05) is 10.7 Å². The molecule has 1 aromatic carbocycles. The van der Waals surface area contributed by atoms with E-state index in [1.54, 1.807) is 0 Å². The number of hydrogen-bond acceptors (Lipinski definition) is 7. The molecule has 110 valence electrons. The third-order valence-corrected chi connectivity index (χ3v) is 4.05. The molecule has 4 N–H and O–H groups in total. The van der Waals surface area contributed by atoms with Crippen LogP contribution in [0.4, 0.5) is 23.1 Å². The Morgan fingerprint density at radius 1 is 1.33 bits per heavy atom. The highest BCUT2D eigenvalue weighted by atomic mass is 79.9. The van der Waals surface area contributed by atoms with Gasteiger partial charge in [0.2, 0.25) is 11.8 Å². The first-order valence-electron chi connectivity index (χ1n) is 5.94. The molecule has 0 aliphatic carbocycles. The predicted molar refractivity (Wildman–Crippen MR) is 83.4 cm³/mol. The van der Waals surface area contributed by atoms with Crippen molar-refractivity contribution in [3.05, 3.63) is 44.0 Å². The second-order valence-electron chi connectivity index (χ2n) is 4.38. The number of aryl methyl sites for hydroxylation is 2. The molecule has 21 heavy (non-hydrogen) atoms. The van der Waals surface area contributed by atoms with Crippen LogP contribution >= 0.6 is 15.9 Å². The van der Waals surface area contributed by atoms with Crippen LogP contribution in [0.2, 0.25) is 0 Å². The van der Waals surface area contributed by atoms with E-state index in [9.17, 15) is 10.1 Å². The summed E-state index contributed by atoms with van der Waals surface area (Å²) >= 11 is 3.47. The fourth-order valence-corrected chi connectivity index (χ4v) is 2.05. The number of benzene rings is 1. The minimum atomic E-state index is -0.554. The Kier molecular flexibility index (Phi) is 4.34. The van der Waals surface area contributed by atoms with Crippen molar-refractivity contribution in [1.82, 2.24) is 9.97 Å². The Labute approximate surface area is 129 Å². The number of nitrogens with zero attached hydrogens (tertiary/aromatic N) is 3. The van der Waals surface area contributed by atoms with Crippen LogP contribution in [0.1, 0.15) is 11.1 Å². The molecular weight excluding hydrogens is 340 g/mol. The summed E-state index contributed by atoms with van der Waals surface area (Å²) in [6.45, 7) is 3.87. The lowest BCUT2D eigenvalue weighted by Crippen LogP contribution is -2.12. The Morgan fingerprint density at radius 2 is 1.95 bits per heavy atom. The number of nitrogen functional groups attached to an aromatic ring is 1. The van der Waals surface area contributed by atoms with Gasteiger partial charge in [0.05, 0.1) is 4.92 Å². The summed E-state index contributed by atoms with van der Waals surface area (Å²) in [5.74, 6) is 5.39. The fraction of sp³-hybridized carbons (Fsp3) is 0.167. The van der Waals surface area contributed by atoms with Gasteiger partial charge in [0, 0.05) is 10.2 Å². The summed E-state index contributed by atoms with van der Waals surface area (Å²) in [6, 6.07) is 3.72. The number of nitrogens with one attached hydrogen (secondary N) is 2. The maximum atomic E-state index is 11.0. The van der Waals surface area contributed by atoms with E-state index in [2.05, 4.69) is 36.6 Å². The van der Waals surface area contributed by atoms with Gasteiger partial charge in [-0.3, -0.25) is 15.5 Å². The van der Waals surface area contributed by atoms with Gasteiger partial charge in [-0.05, 0) is 37.1 Å². The summed E-state index contributed by atoms with van der Waals surface area (Å²) < 4.78 is 0.995. The third-order valence-electron chi connectivity index (χ3n) is 2.79. The van der Waals surface area contributed by atoms with Crippen molar-refractivity contribution < 1.29 is 4.92 Å². The standard InChI is InChI=1S/C12H13BrN6O2/c1-6-3-8(4-7(2)10(6)13)16-11-9(19(20)21)5-15-12(17-11)18-14/h3-5H,14H2,1-2H3,(H2,15,16,17,18). The Balaban J connectivity index is 2.45. The van der Waals surface area contributed by atoms with Gasteiger partial charge in [-0.15, -0.1) is 0 Å². The first-order valence-corrected chi connectivity index (χ1v) is 6.73. The van der Waals surface area contributed by atoms with E-state index in [0.717, 1.165) is 21.8 Å². The lowest BCUT2D eigenvalue weighted by molar-refractivity contribution is -0.384. The number of hydrazine groups is 1. The van der Waals surface area contributed by atoms with Gasteiger partial charge in [0.25, 0.3) is 0 Å². The van der Waals surface area contributed by atoms with E-state index in [1.165, 1.54) is 0 Å². The Bertz CT molecular complexity index is 683. The molecule has 0 unspecified atom stereocenters. The van der Waals surface area contributed by atoms with Crippen LogP contribution in [0, 0.1) is 24.0 Å². The molecule has 0 saturated carbocycles. The SMILES string of the molecule is Cc1cc(Nc2nc(NN)ncc2[N+](=O)[O-])cc(C)c1Br. The van der Waals surface area contributed by atoms with Crippen molar-refractivity contribution in [2.45, 2.75) is 13.8 Å². The monoisotopic (exact) mass is 352 g/mol. The summed E-state index contributed by atoms with van der Waals surface area (Å²) in [5, 5.41) is 14.0. The van der Waals surface area contributed by atoms with Crippen LogP contribution in [0.5, 0.6) is 0 Å². The third kappa shape index (κ3) is 3.26. The number of aromatic nitrogens is 2. The van der Waals surface area contributed by atoms with Crippen LogP contribution in [-0.4, -0.2) is 14.9 Å². The summed E-state index contributed by atoms with van der Waals surface area (Å²) in [7, 11) is 0. The Morgan fingerprint density at radius 3 is 2.48 bits per heavy atom. The zero-order valence-electron chi connectivity index (χ0n) is 11.3. The van der Waals surface area contributed by atoms with Crippen LogP contribution in [-0.2, 0) is 0 Å². The van der Waals surface area contributed by atoms with Crippen molar-refractivity contribution >= 4 is 39.1 Å². The molecule has 0 aliphatic heterocycles. The highest BCUT2D eigenvalue weighted by Crippen LogP contribution is 2.29. The van der Waals surface area contributed by atoms with Crippen LogP contribution < -0.4 is 16.6 Å². The maximum Gasteiger partial charge on any atom is 0.329 e. The molecule has 0 fully saturated rings. The summed E-state index contributed by atoms with van der Waals surface area (Å²) in [4.78, 5) is 18.2. The van der Waals surface area contributed by atoms with Crippen LogP contribution in [0.25, 0.3) is 0 Å². The maximum absolute atomic E-state index is 11.0. The van der Waals surface area contributed by atoms with E-state index >= 15 is 0 Å². The number of anilines is 3. The van der Waals surface area contributed by atoms with Crippen LogP contribution in [0.15, 0.2) is 22.8 Å². The van der Waals surface area contributed by atoms with Crippen LogP contribution in [0.3, 0.4) is 0 Å². The summed E-state index contributed by atoms with van der Waals surface area (Å²) in [6.07, 6.45) is 1.10. The molecule has 2 rings (SSSR count). The lowest BCUT2D eigenvalue weighted by atomic mass is 10.1. The van der Waals surface area contributed by atoms with Crippen molar-refractivity contribution in [3.63, 3.8) is 0 Å². The first-order chi connectivity index (χ1) is 9.92. The van der Waals surface area contributed by atoms with Crippen molar-refractivity contribution in [2.24, 2.45) is 5.84 Å². The summed E-state index contributed by atoms with van der Waals surface area (Å²) in [5.41, 5.74) is 4.73. The molecule has 1 aromatic heterocycles. The second-order valence-corrected chi connectivity index (χ2v) is 5.17. The number of nitro groups is 1. The highest BCUT2D eigenvalue weighted by Gasteiger charge is 2.17.